The summed E-state index contributed by atoms with van der Waals surface area (Å²) >= 11 is 0. The molecule has 122 valence electrons. The Bertz CT molecular complexity index is 739. The van der Waals surface area contributed by atoms with Gasteiger partial charge in [0.1, 0.15) is 11.3 Å². The van der Waals surface area contributed by atoms with Crippen molar-refractivity contribution in [3.05, 3.63) is 33.7 Å². The standard InChI is InChI=1S/C12H13F3N2O4S/c13-12(14,15)8-3-4-9(17-10(8)18)11(19)16-7-2-1-5-22(20,21)6-7/h3-4,7H,1-2,5-6H2,(H,16,19)(H,17,18)/t7-/m0/s1. The Morgan fingerprint density at radius 2 is 2.00 bits per heavy atom. The van der Waals surface area contributed by atoms with Crippen LogP contribution in [0.5, 0.6) is 0 Å². The van der Waals surface area contributed by atoms with Crippen LogP contribution in [0.2, 0.25) is 0 Å². The van der Waals surface area contributed by atoms with Gasteiger partial charge in [-0.2, -0.15) is 13.2 Å². The van der Waals surface area contributed by atoms with Gasteiger partial charge in [0.05, 0.1) is 11.5 Å². The third-order valence-electron chi connectivity index (χ3n) is 3.26. The number of sulfone groups is 1. The molecule has 10 heteroatoms. The van der Waals surface area contributed by atoms with E-state index in [1.807, 2.05) is 4.98 Å². The maximum Gasteiger partial charge on any atom is 0.421 e. The zero-order valence-corrected chi connectivity index (χ0v) is 12.1. The van der Waals surface area contributed by atoms with Gasteiger partial charge in [0, 0.05) is 6.04 Å². The highest BCUT2D eigenvalue weighted by molar-refractivity contribution is 7.91. The van der Waals surface area contributed by atoms with E-state index >= 15 is 0 Å². The van der Waals surface area contributed by atoms with Gasteiger partial charge in [-0.1, -0.05) is 0 Å². The van der Waals surface area contributed by atoms with Gasteiger partial charge in [-0.25, -0.2) is 8.42 Å². The molecule has 2 heterocycles. The molecule has 2 rings (SSSR count). The Hall–Kier alpha value is -1.84. The summed E-state index contributed by atoms with van der Waals surface area (Å²) in [6.07, 6.45) is -3.95. The largest absolute Gasteiger partial charge is 0.421 e. The second-order valence-corrected chi connectivity index (χ2v) is 7.27. The van der Waals surface area contributed by atoms with E-state index in [2.05, 4.69) is 5.32 Å². The van der Waals surface area contributed by atoms with Gasteiger partial charge >= 0.3 is 6.18 Å². The molecule has 1 aromatic rings. The number of amides is 1. The number of rotatable bonds is 2. The summed E-state index contributed by atoms with van der Waals surface area (Å²) in [6, 6.07) is 0.749. The first-order valence-corrected chi connectivity index (χ1v) is 8.22. The van der Waals surface area contributed by atoms with Gasteiger partial charge in [0.15, 0.2) is 9.84 Å². The van der Waals surface area contributed by atoms with E-state index in [1.165, 1.54) is 0 Å². The van der Waals surface area contributed by atoms with Crippen LogP contribution >= 0.6 is 0 Å². The van der Waals surface area contributed by atoms with Gasteiger partial charge in [-0.3, -0.25) is 9.59 Å². The molecule has 1 fully saturated rings. The van der Waals surface area contributed by atoms with E-state index in [9.17, 15) is 31.2 Å². The third-order valence-corrected chi connectivity index (χ3v) is 5.08. The van der Waals surface area contributed by atoms with Crippen molar-refractivity contribution in [1.29, 1.82) is 0 Å². The smallest absolute Gasteiger partial charge is 0.347 e. The number of halogens is 3. The summed E-state index contributed by atoms with van der Waals surface area (Å²) in [6.45, 7) is 0. The van der Waals surface area contributed by atoms with Crippen LogP contribution in [-0.2, 0) is 16.0 Å². The molecule has 0 spiro atoms. The van der Waals surface area contributed by atoms with Crippen molar-refractivity contribution in [1.82, 2.24) is 10.3 Å². The van der Waals surface area contributed by atoms with E-state index in [4.69, 9.17) is 0 Å². The Labute approximate surface area is 123 Å². The predicted octanol–water partition coefficient (Wildman–Crippen LogP) is 0.701. The highest BCUT2D eigenvalue weighted by Crippen LogP contribution is 2.26. The summed E-state index contributed by atoms with van der Waals surface area (Å²) in [5.74, 6) is -0.979. The van der Waals surface area contributed by atoms with Crippen LogP contribution in [0.1, 0.15) is 28.9 Å². The van der Waals surface area contributed by atoms with Crippen molar-refractivity contribution in [2.24, 2.45) is 0 Å². The molecule has 0 bridgehead atoms. The highest BCUT2D eigenvalue weighted by Gasteiger charge is 2.34. The molecule has 0 unspecified atom stereocenters. The SMILES string of the molecule is O=C(N[C@H]1CCCS(=O)(=O)C1)c1ccc(C(F)(F)F)c(=O)[nH]1. The fraction of sp³-hybridized carbons (Fsp3) is 0.500. The molecule has 6 nitrogen and oxygen atoms in total. The van der Waals surface area contributed by atoms with Crippen LogP contribution in [0.3, 0.4) is 0 Å². The number of carbonyl (C=O) groups is 1. The normalized spacial score (nSPS) is 21.3. The van der Waals surface area contributed by atoms with Crippen molar-refractivity contribution in [2.45, 2.75) is 25.1 Å². The topological polar surface area (TPSA) is 96.1 Å². The first-order valence-electron chi connectivity index (χ1n) is 6.40. The molecule has 0 aromatic carbocycles. The Morgan fingerprint density at radius 3 is 2.55 bits per heavy atom. The van der Waals surface area contributed by atoms with Crippen LogP contribution < -0.4 is 10.9 Å². The highest BCUT2D eigenvalue weighted by atomic mass is 32.2. The number of hydrogen-bond donors (Lipinski definition) is 2. The minimum Gasteiger partial charge on any atom is -0.347 e. The quantitative estimate of drug-likeness (QED) is 0.830. The van der Waals surface area contributed by atoms with Crippen molar-refractivity contribution in [3.8, 4) is 0 Å². The second-order valence-electron chi connectivity index (χ2n) is 5.04. The monoisotopic (exact) mass is 338 g/mol. The number of carbonyl (C=O) groups excluding carboxylic acids is 1. The molecule has 1 aliphatic rings. The number of aromatic amines is 1. The van der Waals surface area contributed by atoms with E-state index in [-0.39, 0.29) is 17.2 Å². The lowest BCUT2D eigenvalue weighted by Gasteiger charge is -2.22. The van der Waals surface area contributed by atoms with Crippen LogP contribution in [0.25, 0.3) is 0 Å². The van der Waals surface area contributed by atoms with Crippen molar-refractivity contribution < 1.29 is 26.4 Å². The van der Waals surface area contributed by atoms with Gasteiger partial charge in [-0.15, -0.1) is 0 Å². The van der Waals surface area contributed by atoms with Gasteiger partial charge in [0.2, 0.25) is 0 Å². The van der Waals surface area contributed by atoms with Crippen molar-refractivity contribution in [2.75, 3.05) is 11.5 Å². The number of aromatic nitrogens is 1. The van der Waals surface area contributed by atoms with Gasteiger partial charge in [-0.05, 0) is 25.0 Å². The van der Waals surface area contributed by atoms with E-state index in [1.54, 1.807) is 0 Å². The van der Waals surface area contributed by atoms with Crippen molar-refractivity contribution in [3.63, 3.8) is 0 Å². The van der Waals surface area contributed by atoms with Gasteiger partial charge < -0.3 is 10.3 Å². The summed E-state index contributed by atoms with van der Waals surface area (Å²) < 4.78 is 60.3. The first kappa shape index (κ1) is 16.5. The average Bonchev–Trinajstić information content (AvgIpc) is 2.35. The molecule has 0 aliphatic carbocycles. The predicted molar refractivity (Wildman–Crippen MR) is 71.2 cm³/mol. The fourth-order valence-electron chi connectivity index (χ4n) is 2.23. The lowest BCUT2D eigenvalue weighted by atomic mass is 10.1. The molecule has 0 radical (unpaired) electrons. The van der Waals surface area contributed by atoms with Crippen molar-refractivity contribution >= 4 is 15.7 Å². The van der Waals surface area contributed by atoms with Crippen LogP contribution in [0.4, 0.5) is 13.2 Å². The maximum atomic E-state index is 12.5. The number of pyridine rings is 1. The first-order chi connectivity index (χ1) is 10.1. The summed E-state index contributed by atoms with van der Waals surface area (Å²) in [5, 5.41) is 2.41. The number of hydrogen-bond acceptors (Lipinski definition) is 4. The van der Waals surface area contributed by atoms with Crippen LogP contribution in [0.15, 0.2) is 16.9 Å². The lowest BCUT2D eigenvalue weighted by Crippen LogP contribution is -2.43. The third kappa shape index (κ3) is 3.87. The maximum absolute atomic E-state index is 12.5. The Kier molecular flexibility index (Phi) is 4.32. The molecule has 1 aromatic heterocycles. The molecular formula is C12H13F3N2O4S. The number of nitrogens with one attached hydrogen (secondary N) is 2. The molecule has 2 N–H and O–H groups in total. The van der Waals surface area contributed by atoms with Crippen LogP contribution in [0, 0.1) is 0 Å². The van der Waals surface area contributed by atoms with E-state index in [0.717, 1.165) is 6.07 Å². The van der Waals surface area contributed by atoms with Crippen LogP contribution in [-0.4, -0.2) is 36.9 Å². The molecular weight excluding hydrogens is 325 g/mol. The molecule has 0 saturated carbocycles. The summed E-state index contributed by atoms with van der Waals surface area (Å²) in [5.41, 5.74) is -3.17. The summed E-state index contributed by atoms with van der Waals surface area (Å²) in [4.78, 5) is 25.1. The average molecular weight is 338 g/mol. The molecule has 22 heavy (non-hydrogen) atoms. The molecule has 1 amide bonds. The minimum atomic E-state index is -4.81. The van der Waals surface area contributed by atoms with E-state index in [0.29, 0.717) is 18.9 Å². The number of alkyl halides is 3. The number of H-pyrrole nitrogens is 1. The minimum absolute atomic E-state index is 0.0521. The zero-order chi connectivity index (χ0) is 16.5. The molecule has 1 saturated heterocycles. The lowest BCUT2D eigenvalue weighted by molar-refractivity contribution is -0.138. The molecule has 1 aliphatic heterocycles. The molecule has 1 atom stereocenters. The van der Waals surface area contributed by atoms with Gasteiger partial charge in [0.25, 0.3) is 11.5 Å². The Morgan fingerprint density at radius 1 is 1.32 bits per heavy atom. The second kappa shape index (κ2) is 5.75. The Balaban J connectivity index is 2.14. The fourth-order valence-corrected chi connectivity index (χ4v) is 3.87. The zero-order valence-electron chi connectivity index (χ0n) is 11.2. The summed E-state index contributed by atoms with van der Waals surface area (Å²) in [7, 11) is -3.23. The van der Waals surface area contributed by atoms with E-state index < -0.39 is 39.1 Å².